The van der Waals surface area contributed by atoms with Gasteiger partial charge in [-0.2, -0.15) is 0 Å². The second-order valence-corrected chi connectivity index (χ2v) is 8.21. The van der Waals surface area contributed by atoms with E-state index >= 15 is 0 Å². The summed E-state index contributed by atoms with van der Waals surface area (Å²) in [5.74, 6) is 0.124. The van der Waals surface area contributed by atoms with Gasteiger partial charge in [-0.3, -0.25) is 9.69 Å². The number of hydrogen-bond donors (Lipinski definition) is 0. The van der Waals surface area contributed by atoms with Crippen molar-refractivity contribution in [2.24, 2.45) is 0 Å². The minimum atomic E-state index is 0.124. The number of benzene rings is 2. The second-order valence-electron chi connectivity index (χ2n) is 7.21. The maximum atomic E-state index is 13.2. The Kier molecular flexibility index (Phi) is 5.84. The predicted molar refractivity (Wildman–Crippen MR) is 115 cm³/mol. The van der Waals surface area contributed by atoms with E-state index in [0.29, 0.717) is 0 Å². The molecule has 0 unspecified atom stereocenters. The molecule has 0 N–H and O–H groups in total. The Morgan fingerprint density at radius 3 is 2.43 bits per heavy atom. The second kappa shape index (κ2) is 8.67. The maximum absolute atomic E-state index is 13.2. The highest BCUT2D eigenvalue weighted by Gasteiger charge is 2.24. The van der Waals surface area contributed by atoms with Gasteiger partial charge >= 0.3 is 0 Å². The summed E-state index contributed by atoms with van der Waals surface area (Å²) in [5, 5.41) is 0.918. The van der Waals surface area contributed by atoms with Crippen molar-refractivity contribution in [1.82, 2.24) is 14.8 Å². The van der Waals surface area contributed by atoms with E-state index in [4.69, 9.17) is 0 Å². The minimum absolute atomic E-state index is 0.124. The summed E-state index contributed by atoms with van der Waals surface area (Å²) in [6, 6.07) is 20.6. The molecular weight excluding hydrogens is 366 g/mol. The van der Waals surface area contributed by atoms with Crippen molar-refractivity contribution in [3.05, 3.63) is 76.8 Å². The first-order valence-electron chi connectivity index (χ1n) is 9.79. The number of carbonyl (C=O) groups is 1. The summed E-state index contributed by atoms with van der Waals surface area (Å²) < 4.78 is 0. The van der Waals surface area contributed by atoms with Crippen LogP contribution in [0.2, 0.25) is 0 Å². The third kappa shape index (κ3) is 4.32. The summed E-state index contributed by atoms with van der Waals surface area (Å²) in [7, 11) is 0. The molecule has 1 aliphatic rings. The number of hydrogen-bond acceptors (Lipinski definition) is 4. The third-order valence-corrected chi connectivity index (χ3v) is 6.33. The largest absolute Gasteiger partial charge is 0.337 e. The molecule has 4 nitrogen and oxygen atoms in total. The molecule has 1 saturated heterocycles. The van der Waals surface area contributed by atoms with E-state index in [9.17, 15) is 4.79 Å². The van der Waals surface area contributed by atoms with Gasteiger partial charge in [0, 0.05) is 38.3 Å². The van der Waals surface area contributed by atoms with Crippen molar-refractivity contribution in [3.63, 3.8) is 0 Å². The Morgan fingerprint density at radius 1 is 0.964 bits per heavy atom. The molecular formula is C23H25N3OS. The Bertz CT molecular complexity index is 924. The van der Waals surface area contributed by atoms with Gasteiger partial charge in [0.1, 0.15) is 9.88 Å². The van der Waals surface area contributed by atoms with E-state index < -0.39 is 0 Å². The lowest BCUT2D eigenvalue weighted by molar-refractivity contribution is 0.0765. The van der Waals surface area contributed by atoms with Gasteiger partial charge in [-0.1, -0.05) is 60.7 Å². The van der Waals surface area contributed by atoms with Crippen molar-refractivity contribution >= 4 is 17.2 Å². The number of carbonyl (C=O) groups excluding carboxylic acids is 1. The predicted octanol–water partition coefficient (Wildman–Crippen LogP) is 4.47. The molecule has 5 heteroatoms. The molecule has 1 aromatic heterocycles. The van der Waals surface area contributed by atoms with Crippen LogP contribution in [0.15, 0.2) is 60.7 Å². The van der Waals surface area contributed by atoms with Gasteiger partial charge < -0.3 is 4.90 Å². The fourth-order valence-corrected chi connectivity index (χ4v) is 4.66. The van der Waals surface area contributed by atoms with E-state index in [0.717, 1.165) is 60.3 Å². The summed E-state index contributed by atoms with van der Waals surface area (Å²) in [5.41, 5.74) is 3.23. The van der Waals surface area contributed by atoms with E-state index in [1.807, 2.05) is 48.2 Å². The molecule has 3 aromatic rings. The van der Waals surface area contributed by atoms with Crippen LogP contribution in [-0.4, -0.2) is 46.9 Å². The van der Waals surface area contributed by atoms with Crippen molar-refractivity contribution in [2.75, 3.05) is 26.2 Å². The van der Waals surface area contributed by atoms with Gasteiger partial charge in [-0.15, -0.1) is 11.3 Å². The normalized spacial score (nSPS) is 15.4. The first-order valence-corrected chi connectivity index (χ1v) is 10.6. The zero-order chi connectivity index (χ0) is 19.3. The molecule has 1 fully saturated rings. The van der Waals surface area contributed by atoms with Gasteiger partial charge in [-0.05, 0) is 18.9 Å². The zero-order valence-corrected chi connectivity index (χ0v) is 17.0. The van der Waals surface area contributed by atoms with Crippen LogP contribution in [0.4, 0.5) is 0 Å². The highest BCUT2D eigenvalue weighted by molar-refractivity contribution is 7.17. The van der Waals surface area contributed by atoms with Crippen molar-refractivity contribution in [1.29, 1.82) is 0 Å². The highest BCUT2D eigenvalue weighted by atomic mass is 32.1. The average molecular weight is 392 g/mol. The fourth-order valence-electron chi connectivity index (χ4n) is 3.62. The van der Waals surface area contributed by atoms with Crippen molar-refractivity contribution < 1.29 is 4.79 Å². The lowest BCUT2D eigenvalue weighted by Crippen LogP contribution is -2.35. The van der Waals surface area contributed by atoms with Crippen LogP contribution >= 0.6 is 11.3 Å². The van der Waals surface area contributed by atoms with Gasteiger partial charge in [0.25, 0.3) is 5.91 Å². The SMILES string of the molecule is Cc1nc(-c2ccccc2)sc1C(=O)N1CCCN(Cc2ccccc2)CC1. The van der Waals surface area contributed by atoms with Crippen LogP contribution in [0.3, 0.4) is 0 Å². The van der Waals surface area contributed by atoms with E-state index in [-0.39, 0.29) is 5.91 Å². The molecule has 0 bridgehead atoms. The van der Waals surface area contributed by atoms with Crippen LogP contribution in [0.5, 0.6) is 0 Å². The Balaban J connectivity index is 1.43. The number of rotatable bonds is 4. The maximum Gasteiger partial charge on any atom is 0.265 e. The highest BCUT2D eigenvalue weighted by Crippen LogP contribution is 2.29. The molecule has 28 heavy (non-hydrogen) atoms. The molecule has 0 spiro atoms. The molecule has 1 amide bonds. The number of nitrogens with zero attached hydrogens (tertiary/aromatic N) is 3. The molecule has 2 heterocycles. The lowest BCUT2D eigenvalue weighted by atomic mass is 10.2. The monoisotopic (exact) mass is 391 g/mol. The van der Waals surface area contributed by atoms with Gasteiger partial charge in [0.15, 0.2) is 0 Å². The molecule has 0 radical (unpaired) electrons. The van der Waals surface area contributed by atoms with Crippen LogP contribution in [0.25, 0.3) is 10.6 Å². The molecule has 2 aromatic carbocycles. The van der Waals surface area contributed by atoms with E-state index in [2.05, 4.69) is 34.1 Å². The summed E-state index contributed by atoms with van der Waals surface area (Å²) in [6.07, 6.45) is 1.00. The third-order valence-electron chi connectivity index (χ3n) is 5.14. The van der Waals surface area contributed by atoms with Crippen LogP contribution in [0.1, 0.15) is 27.3 Å². The number of aromatic nitrogens is 1. The van der Waals surface area contributed by atoms with Gasteiger partial charge in [0.2, 0.25) is 0 Å². The van der Waals surface area contributed by atoms with Crippen molar-refractivity contribution in [2.45, 2.75) is 19.9 Å². The fraction of sp³-hybridized carbons (Fsp3) is 0.304. The Labute approximate surface area is 170 Å². The minimum Gasteiger partial charge on any atom is -0.337 e. The lowest BCUT2D eigenvalue weighted by Gasteiger charge is -2.21. The first-order chi connectivity index (χ1) is 13.7. The van der Waals surface area contributed by atoms with Gasteiger partial charge in [0.05, 0.1) is 5.69 Å². The average Bonchev–Trinajstić information content (AvgIpc) is 2.97. The Morgan fingerprint density at radius 2 is 1.68 bits per heavy atom. The van der Waals surface area contributed by atoms with Crippen LogP contribution < -0.4 is 0 Å². The quantitative estimate of drug-likeness (QED) is 0.658. The Hall–Kier alpha value is -2.50. The molecule has 1 aliphatic heterocycles. The van der Waals surface area contributed by atoms with Crippen LogP contribution in [-0.2, 0) is 6.54 Å². The van der Waals surface area contributed by atoms with E-state index in [1.54, 1.807) is 0 Å². The van der Waals surface area contributed by atoms with Crippen molar-refractivity contribution in [3.8, 4) is 10.6 Å². The van der Waals surface area contributed by atoms with Crippen LogP contribution in [0, 0.1) is 6.92 Å². The summed E-state index contributed by atoms with van der Waals surface area (Å²) >= 11 is 1.51. The number of aryl methyl sites for hydroxylation is 1. The first kappa shape index (κ1) is 18.8. The van der Waals surface area contributed by atoms with Gasteiger partial charge in [-0.25, -0.2) is 4.98 Å². The molecule has 0 atom stereocenters. The number of thiazole rings is 1. The smallest absolute Gasteiger partial charge is 0.265 e. The van der Waals surface area contributed by atoms with E-state index in [1.165, 1.54) is 16.9 Å². The number of amides is 1. The summed E-state index contributed by atoms with van der Waals surface area (Å²) in [6.45, 7) is 6.39. The topological polar surface area (TPSA) is 36.4 Å². The molecule has 0 saturated carbocycles. The zero-order valence-electron chi connectivity index (χ0n) is 16.2. The standard InChI is InChI=1S/C23H25N3OS/c1-18-21(28-22(24-18)20-11-6-3-7-12-20)23(27)26-14-8-13-25(15-16-26)17-19-9-4-2-5-10-19/h2-7,9-12H,8,13-17H2,1H3. The summed E-state index contributed by atoms with van der Waals surface area (Å²) in [4.78, 5) is 23.0. The molecule has 144 valence electrons. The molecule has 4 rings (SSSR count). The molecule has 0 aliphatic carbocycles.